The van der Waals surface area contributed by atoms with E-state index in [-0.39, 0.29) is 5.43 Å². The van der Waals surface area contributed by atoms with Crippen molar-refractivity contribution in [3.8, 4) is 5.69 Å². The molecule has 1 aromatic heterocycles. The molecule has 82 valence electrons. The molecule has 0 amide bonds. The third-order valence-corrected chi connectivity index (χ3v) is 3.43. The molecule has 1 heterocycles. The smallest absolute Gasteiger partial charge is 0.181 e. The maximum atomic E-state index is 11.0. The number of rotatable bonds is 1. The van der Waals surface area contributed by atoms with Crippen molar-refractivity contribution in [2.45, 2.75) is 6.92 Å². The van der Waals surface area contributed by atoms with E-state index >= 15 is 0 Å². The second-order valence-corrected chi connectivity index (χ2v) is 5.23. The molecule has 2 aromatic rings. The molecule has 0 N–H and O–H groups in total. The van der Waals surface area contributed by atoms with E-state index in [1.807, 2.05) is 23.6 Å². The number of hydrogen-bond donors (Lipinski definition) is 0. The first-order chi connectivity index (χ1) is 7.58. The molecule has 0 saturated carbocycles. The Bertz CT molecular complexity index is 546. The van der Waals surface area contributed by atoms with E-state index in [1.54, 1.807) is 24.5 Å². The molecule has 0 atom stereocenters. The van der Waals surface area contributed by atoms with Crippen molar-refractivity contribution in [1.29, 1.82) is 0 Å². The monoisotopic (exact) mass is 341 g/mol. The fourth-order valence-corrected chi connectivity index (χ4v) is 3.33. The van der Waals surface area contributed by atoms with Crippen LogP contribution in [0, 0.1) is 6.92 Å². The fraction of sp³-hybridized carbons (Fsp3) is 0.0833. The van der Waals surface area contributed by atoms with Crippen LogP contribution in [0.1, 0.15) is 5.56 Å². The molecular weight excluding hydrogens is 334 g/mol. The van der Waals surface area contributed by atoms with E-state index in [9.17, 15) is 4.79 Å². The normalized spacial score (nSPS) is 10.4. The lowest BCUT2D eigenvalue weighted by Gasteiger charge is -2.11. The van der Waals surface area contributed by atoms with Crippen LogP contribution in [0.25, 0.3) is 5.69 Å². The number of pyridine rings is 1. The van der Waals surface area contributed by atoms with Crippen molar-refractivity contribution in [2.75, 3.05) is 0 Å². The van der Waals surface area contributed by atoms with Crippen LogP contribution in [-0.4, -0.2) is 4.57 Å². The molecule has 1 aromatic carbocycles. The number of nitrogens with zero attached hydrogens (tertiary/aromatic N) is 1. The number of benzene rings is 1. The summed E-state index contributed by atoms with van der Waals surface area (Å²) in [5.74, 6) is 0. The van der Waals surface area contributed by atoms with Gasteiger partial charge in [-0.1, -0.05) is 0 Å². The molecular formula is C12H9Br2NO. The van der Waals surface area contributed by atoms with Crippen LogP contribution >= 0.6 is 31.9 Å². The quantitative estimate of drug-likeness (QED) is 0.775. The Morgan fingerprint density at radius 2 is 1.56 bits per heavy atom. The molecule has 0 radical (unpaired) electrons. The van der Waals surface area contributed by atoms with Crippen molar-refractivity contribution in [2.24, 2.45) is 0 Å². The molecule has 0 aliphatic heterocycles. The van der Waals surface area contributed by atoms with E-state index in [1.165, 1.54) is 5.56 Å². The zero-order valence-electron chi connectivity index (χ0n) is 8.58. The summed E-state index contributed by atoms with van der Waals surface area (Å²) >= 11 is 7.05. The Hall–Kier alpha value is -0.870. The molecule has 0 unspecified atom stereocenters. The van der Waals surface area contributed by atoms with Gasteiger partial charge in [0.1, 0.15) is 0 Å². The SMILES string of the molecule is Cc1cc(Br)c(-n2ccc(=O)cc2)c(Br)c1. The van der Waals surface area contributed by atoms with Gasteiger partial charge in [0.25, 0.3) is 0 Å². The van der Waals surface area contributed by atoms with Gasteiger partial charge in [-0.2, -0.15) is 0 Å². The van der Waals surface area contributed by atoms with E-state index < -0.39 is 0 Å². The lowest BCUT2D eigenvalue weighted by atomic mass is 10.2. The summed E-state index contributed by atoms with van der Waals surface area (Å²) in [5, 5.41) is 0. The topological polar surface area (TPSA) is 22.0 Å². The van der Waals surface area contributed by atoms with Gasteiger partial charge in [0.2, 0.25) is 0 Å². The van der Waals surface area contributed by atoms with Gasteiger partial charge in [0, 0.05) is 33.5 Å². The van der Waals surface area contributed by atoms with Gasteiger partial charge in [0.15, 0.2) is 5.43 Å². The molecule has 0 saturated heterocycles. The summed E-state index contributed by atoms with van der Waals surface area (Å²) < 4.78 is 3.88. The second kappa shape index (κ2) is 4.55. The van der Waals surface area contributed by atoms with Crippen molar-refractivity contribution < 1.29 is 0 Å². The lowest BCUT2D eigenvalue weighted by molar-refractivity contribution is 1.02. The Morgan fingerprint density at radius 1 is 1.06 bits per heavy atom. The summed E-state index contributed by atoms with van der Waals surface area (Å²) in [6.45, 7) is 2.03. The number of aromatic nitrogens is 1. The van der Waals surface area contributed by atoms with Crippen LogP contribution < -0.4 is 5.43 Å². The highest BCUT2D eigenvalue weighted by atomic mass is 79.9. The number of aryl methyl sites for hydroxylation is 1. The first-order valence-electron chi connectivity index (χ1n) is 4.72. The van der Waals surface area contributed by atoms with Gasteiger partial charge in [-0.05, 0) is 56.5 Å². The van der Waals surface area contributed by atoms with Crippen molar-refractivity contribution in [3.05, 3.63) is 61.4 Å². The second-order valence-electron chi connectivity index (χ2n) is 3.52. The molecule has 0 bridgehead atoms. The molecule has 2 nitrogen and oxygen atoms in total. The van der Waals surface area contributed by atoms with Crippen molar-refractivity contribution in [3.63, 3.8) is 0 Å². The Kier molecular flexibility index (Phi) is 3.30. The highest BCUT2D eigenvalue weighted by molar-refractivity contribution is 9.11. The molecule has 2 rings (SSSR count). The summed E-state index contributed by atoms with van der Waals surface area (Å²) in [6.07, 6.45) is 3.50. The van der Waals surface area contributed by atoms with Crippen LogP contribution in [0.5, 0.6) is 0 Å². The Morgan fingerprint density at radius 3 is 2.06 bits per heavy atom. The zero-order valence-corrected chi connectivity index (χ0v) is 11.7. The minimum Gasteiger partial charge on any atom is -0.322 e. The van der Waals surface area contributed by atoms with Gasteiger partial charge >= 0.3 is 0 Å². The van der Waals surface area contributed by atoms with Crippen LogP contribution in [0.3, 0.4) is 0 Å². The van der Waals surface area contributed by atoms with Gasteiger partial charge < -0.3 is 4.57 Å². The van der Waals surface area contributed by atoms with E-state index in [0.29, 0.717) is 0 Å². The minimum atomic E-state index is 0.00982. The van der Waals surface area contributed by atoms with Gasteiger partial charge in [0.05, 0.1) is 5.69 Å². The summed E-state index contributed by atoms with van der Waals surface area (Å²) in [6, 6.07) is 7.16. The Labute approximate surface area is 110 Å². The predicted octanol–water partition coefficient (Wildman–Crippen LogP) is 3.67. The maximum Gasteiger partial charge on any atom is 0.181 e. The first-order valence-corrected chi connectivity index (χ1v) is 6.31. The molecule has 0 aliphatic carbocycles. The Balaban J connectivity index is 2.64. The predicted molar refractivity (Wildman–Crippen MR) is 72.2 cm³/mol. The number of halogens is 2. The average Bonchev–Trinajstić information content (AvgIpc) is 2.19. The average molecular weight is 343 g/mol. The van der Waals surface area contributed by atoms with Crippen LogP contribution in [0.15, 0.2) is 50.4 Å². The van der Waals surface area contributed by atoms with E-state index in [2.05, 4.69) is 31.9 Å². The summed E-state index contributed by atoms with van der Waals surface area (Å²) in [4.78, 5) is 11.0. The van der Waals surface area contributed by atoms with Crippen LogP contribution in [0.4, 0.5) is 0 Å². The molecule has 4 heteroatoms. The highest BCUT2D eigenvalue weighted by Gasteiger charge is 2.06. The van der Waals surface area contributed by atoms with E-state index in [0.717, 1.165) is 14.6 Å². The fourth-order valence-electron chi connectivity index (χ4n) is 1.50. The third kappa shape index (κ3) is 2.28. The standard InChI is InChI=1S/C12H9Br2NO/c1-8-6-10(13)12(11(14)7-8)15-4-2-9(16)3-5-15/h2-7H,1H3. The molecule has 16 heavy (non-hydrogen) atoms. The first kappa shape index (κ1) is 11.6. The number of hydrogen-bond acceptors (Lipinski definition) is 1. The lowest BCUT2D eigenvalue weighted by Crippen LogP contribution is -2.03. The van der Waals surface area contributed by atoms with Crippen LogP contribution in [-0.2, 0) is 0 Å². The highest BCUT2D eigenvalue weighted by Crippen LogP contribution is 2.30. The summed E-state index contributed by atoms with van der Waals surface area (Å²) in [7, 11) is 0. The molecule has 0 fully saturated rings. The van der Waals surface area contributed by atoms with Crippen molar-refractivity contribution >= 4 is 31.9 Å². The van der Waals surface area contributed by atoms with Gasteiger partial charge in [-0.3, -0.25) is 4.79 Å². The van der Waals surface area contributed by atoms with Gasteiger partial charge in [-0.15, -0.1) is 0 Å². The van der Waals surface area contributed by atoms with E-state index in [4.69, 9.17) is 0 Å². The zero-order chi connectivity index (χ0) is 11.7. The van der Waals surface area contributed by atoms with Crippen LogP contribution in [0.2, 0.25) is 0 Å². The van der Waals surface area contributed by atoms with Gasteiger partial charge in [-0.25, -0.2) is 0 Å². The third-order valence-electron chi connectivity index (χ3n) is 2.22. The minimum absolute atomic E-state index is 0.00982. The molecule has 0 aliphatic rings. The van der Waals surface area contributed by atoms with Crippen molar-refractivity contribution in [1.82, 2.24) is 4.57 Å². The maximum absolute atomic E-state index is 11.0. The molecule has 0 spiro atoms. The summed E-state index contributed by atoms with van der Waals surface area (Å²) in [5.41, 5.74) is 2.17. The largest absolute Gasteiger partial charge is 0.322 e.